The lowest BCUT2D eigenvalue weighted by Gasteiger charge is -2.06. The molecule has 1 heterocycles. The summed E-state index contributed by atoms with van der Waals surface area (Å²) in [5.41, 5.74) is 2.95. The third-order valence-electron chi connectivity index (χ3n) is 3.48. The van der Waals surface area contributed by atoms with Gasteiger partial charge in [0.2, 0.25) is 0 Å². The molecule has 0 unspecified atom stereocenters. The SMILES string of the molecule is COC(=O)c1c2c(nn1CC1CC1)CCC2. The van der Waals surface area contributed by atoms with Crippen LogP contribution in [-0.4, -0.2) is 22.9 Å². The number of ether oxygens (including phenoxy) is 1. The van der Waals surface area contributed by atoms with E-state index in [1.807, 2.05) is 4.68 Å². The smallest absolute Gasteiger partial charge is 0.356 e. The molecule has 0 aliphatic heterocycles. The molecule has 0 bridgehead atoms. The molecule has 2 aliphatic rings. The molecular weight excluding hydrogens is 204 g/mol. The van der Waals surface area contributed by atoms with Gasteiger partial charge in [0.15, 0.2) is 0 Å². The lowest BCUT2D eigenvalue weighted by molar-refractivity contribution is 0.0584. The molecule has 0 amide bonds. The Kier molecular flexibility index (Phi) is 2.23. The summed E-state index contributed by atoms with van der Waals surface area (Å²) in [5.74, 6) is 0.500. The molecule has 4 nitrogen and oxygen atoms in total. The van der Waals surface area contributed by atoms with Crippen molar-refractivity contribution in [3.8, 4) is 0 Å². The predicted molar refractivity (Wildman–Crippen MR) is 58.3 cm³/mol. The lowest BCUT2D eigenvalue weighted by atomic mass is 10.2. The minimum Gasteiger partial charge on any atom is -0.464 e. The van der Waals surface area contributed by atoms with Crippen LogP contribution in [0.15, 0.2) is 0 Å². The molecule has 1 saturated carbocycles. The Bertz CT molecular complexity index is 432. The van der Waals surface area contributed by atoms with Gasteiger partial charge < -0.3 is 4.74 Å². The number of hydrogen-bond acceptors (Lipinski definition) is 3. The monoisotopic (exact) mass is 220 g/mol. The van der Waals surface area contributed by atoms with Crippen LogP contribution in [0.4, 0.5) is 0 Å². The Morgan fingerprint density at radius 2 is 2.31 bits per heavy atom. The number of fused-ring (bicyclic) bond motifs is 1. The van der Waals surface area contributed by atoms with Crippen molar-refractivity contribution in [1.29, 1.82) is 0 Å². The maximum Gasteiger partial charge on any atom is 0.356 e. The van der Waals surface area contributed by atoms with Gasteiger partial charge in [-0.2, -0.15) is 5.10 Å². The first-order chi connectivity index (χ1) is 7.79. The summed E-state index contributed by atoms with van der Waals surface area (Å²) in [6.45, 7) is 0.886. The van der Waals surface area contributed by atoms with Gasteiger partial charge in [-0.15, -0.1) is 0 Å². The second-order valence-electron chi connectivity index (χ2n) is 4.74. The fourth-order valence-electron chi connectivity index (χ4n) is 2.45. The van der Waals surface area contributed by atoms with E-state index in [2.05, 4.69) is 5.10 Å². The first-order valence-electron chi connectivity index (χ1n) is 5.96. The molecule has 2 aliphatic carbocycles. The zero-order chi connectivity index (χ0) is 11.1. The molecule has 0 aromatic carbocycles. The van der Waals surface area contributed by atoms with Gasteiger partial charge in [0.1, 0.15) is 5.69 Å². The molecule has 3 rings (SSSR count). The van der Waals surface area contributed by atoms with Gasteiger partial charge in [-0.1, -0.05) is 0 Å². The highest BCUT2D eigenvalue weighted by Gasteiger charge is 2.30. The summed E-state index contributed by atoms with van der Waals surface area (Å²) < 4.78 is 6.75. The van der Waals surface area contributed by atoms with E-state index < -0.39 is 0 Å². The van der Waals surface area contributed by atoms with Crippen molar-refractivity contribution in [3.63, 3.8) is 0 Å². The van der Waals surface area contributed by atoms with Gasteiger partial charge in [0, 0.05) is 12.1 Å². The molecule has 4 heteroatoms. The van der Waals surface area contributed by atoms with Crippen molar-refractivity contribution in [2.75, 3.05) is 7.11 Å². The molecule has 0 radical (unpaired) electrons. The van der Waals surface area contributed by atoms with Crippen LogP contribution in [0, 0.1) is 5.92 Å². The van der Waals surface area contributed by atoms with E-state index in [1.54, 1.807) is 0 Å². The Hall–Kier alpha value is -1.32. The Labute approximate surface area is 94.6 Å². The molecule has 1 aromatic heterocycles. The van der Waals surface area contributed by atoms with Gasteiger partial charge in [-0.25, -0.2) is 4.79 Å². The van der Waals surface area contributed by atoms with E-state index >= 15 is 0 Å². The highest BCUT2D eigenvalue weighted by Crippen LogP contribution is 2.33. The zero-order valence-corrected chi connectivity index (χ0v) is 9.53. The number of rotatable bonds is 3. The summed E-state index contributed by atoms with van der Waals surface area (Å²) in [6.07, 6.45) is 5.64. The average molecular weight is 220 g/mol. The molecule has 1 aromatic rings. The Morgan fingerprint density at radius 1 is 1.50 bits per heavy atom. The van der Waals surface area contributed by atoms with E-state index in [9.17, 15) is 4.79 Å². The largest absolute Gasteiger partial charge is 0.464 e. The quantitative estimate of drug-likeness (QED) is 0.726. The van der Waals surface area contributed by atoms with Gasteiger partial charge in [0.25, 0.3) is 0 Å². The maximum atomic E-state index is 11.8. The number of nitrogens with zero attached hydrogens (tertiary/aromatic N) is 2. The summed E-state index contributed by atoms with van der Waals surface area (Å²) in [7, 11) is 1.44. The molecule has 0 atom stereocenters. The summed E-state index contributed by atoms with van der Waals surface area (Å²) in [5, 5.41) is 4.56. The predicted octanol–water partition coefficient (Wildman–Crippen LogP) is 1.57. The summed E-state index contributed by atoms with van der Waals surface area (Å²) >= 11 is 0. The Morgan fingerprint density at radius 3 is 3.00 bits per heavy atom. The van der Waals surface area contributed by atoms with E-state index in [0.29, 0.717) is 5.69 Å². The average Bonchev–Trinajstić information content (AvgIpc) is 2.85. The fourth-order valence-corrected chi connectivity index (χ4v) is 2.45. The normalized spacial score (nSPS) is 18.6. The van der Waals surface area contributed by atoms with Crippen LogP contribution in [0.2, 0.25) is 0 Å². The number of carbonyl (C=O) groups excluding carboxylic acids is 1. The molecular formula is C12H16N2O2. The topological polar surface area (TPSA) is 44.1 Å². The first-order valence-corrected chi connectivity index (χ1v) is 5.96. The van der Waals surface area contributed by atoms with Crippen molar-refractivity contribution in [2.24, 2.45) is 5.92 Å². The van der Waals surface area contributed by atoms with Crippen LogP contribution < -0.4 is 0 Å². The molecule has 1 fully saturated rings. The fraction of sp³-hybridized carbons (Fsp3) is 0.667. The van der Waals surface area contributed by atoms with Gasteiger partial charge >= 0.3 is 5.97 Å². The summed E-state index contributed by atoms with van der Waals surface area (Å²) in [4.78, 5) is 11.8. The van der Waals surface area contributed by atoms with E-state index in [-0.39, 0.29) is 5.97 Å². The zero-order valence-electron chi connectivity index (χ0n) is 9.53. The number of hydrogen-bond donors (Lipinski definition) is 0. The van der Waals surface area contributed by atoms with Crippen LogP contribution in [0.5, 0.6) is 0 Å². The summed E-state index contributed by atoms with van der Waals surface area (Å²) in [6, 6.07) is 0. The van der Waals surface area contributed by atoms with Crippen LogP contribution in [0.25, 0.3) is 0 Å². The van der Waals surface area contributed by atoms with E-state index in [1.165, 1.54) is 20.0 Å². The van der Waals surface area contributed by atoms with Crippen molar-refractivity contribution >= 4 is 5.97 Å². The molecule has 86 valence electrons. The van der Waals surface area contributed by atoms with E-state index in [4.69, 9.17) is 4.74 Å². The minimum absolute atomic E-state index is 0.226. The Balaban J connectivity index is 1.98. The van der Waals surface area contributed by atoms with Gasteiger partial charge in [-0.3, -0.25) is 4.68 Å². The number of esters is 1. The van der Waals surface area contributed by atoms with Gasteiger partial charge in [0.05, 0.1) is 12.8 Å². The lowest BCUT2D eigenvalue weighted by Crippen LogP contribution is -2.14. The minimum atomic E-state index is -0.226. The number of aryl methyl sites for hydroxylation is 1. The molecule has 0 saturated heterocycles. The van der Waals surface area contributed by atoms with E-state index in [0.717, 1.165) is 43.0 Å². The molecule has 16 heavy (non-hydrogen) atoms. The number of aromatic nitrogens is 2. The molecule has 0 N–H and O–H groups in total. The second-order valence-corrected chi connectivity index (χ2v) is 4.74. The number of methoxy groups -OCH3 is 1. The highest BCUT2D eigenvalue weighted by atomic mass is 16.5. The van der Waals surface area contributed by atoms with Crippen molar-refractivity contribution in [2.45, 2.75) is 38.6 Å². The van der Waals surface area contributed by atoms with Crippen LogP contribution in [-0.2, 0) is 24.1 Å². The van der Waals surface area contributed by atoms with Crippen LogP contribution in [0.3, 0.4) is 0 Å². The van der Waals surface area contributed by atoms with Crippen LogP contribution in [0.1, 0.15) is 41.0 Å². The second kappa shape index (κ2) is 3.61. The van der Waals surface area contributed by atoms with Crippen molar-refractivity contribution in [3.05, 3.63) is 17.0 Å². The molecule has 0 spiro atoms. The standard InChI is InChI=1S/C12H16N2O2/c1-16-12(15)11-9-3-2-4-10(9)13-14(11)7-8-5-6-8/h8H,2-7H2,1H3. The third-order valence-corrected chi connectivity index (χ3v) is 3.48. The third kappa shape index (κ3) is 1.52. The van der Waals surface area contributed by atoms with Crippen molar-refractivity contribution in [1.82, 2.24) is 9.78 Å². The van der Waals surface area contributed by atoms with Crippen LogP contribution >= 0.6 is 0 Å². The van der Waals surface area contributed by atoms with Crippen molar-refractivity contribution < 1.29 is 9.53 Å². The highest BCUT2D eigenvalue weighted by molar-refractivity contribution is 5.89. The van der Waals surface area contributed by atoms with Gasteiger partial charge in [-0.05, 0) is 38.0 Å². The first kappa shape index (κ1) is 9.87. The maximum absolute atomic E-state index is 11.8. The number of carbonyl (C=O) groups is 1.